The normalized spacial score (nSPS) is 13.5. The Morgan fingerprint density at radius 1 is 0.288 bits per heavy atom. The Bertz CT molecular complexity index is 1030. The van der Waals surface area contributed by atoms with E-state index in [4.69, 9.17) is 0 Å². The fourth-order valence-corrected chi connectivity index (χ4v) is 11.3. The van der Waals surface area contributed by atoms with Crippen LogP contribution in [0.15, 0.2) is 0 Å². The molecule has 6 nitrogen and oxygen atoms in total. The molecule has 4 unspecified atom stereocenters. The second-order valence-corrected chi connectivity index (χ2v) is 23.9. The zero-order valence-corrected chi connectivity index (χ0v) is 49.9. The smallest absolute Gasteiger partial charge is 0.249 e. The Labute approximate surface area is 458 Å². The Morgan fingerprint density at radius 2 is 0.466 bits per heavy atom. The fraction of sp³-hybridized carbons (Fsp3) is 0.985. The Kier molecular flexibility index (Phi) is 61.6. The summed E-state index contributed by atoms with van der Waals surface area (Å²) in [5.41, 5.74) is 0. The van der Waals surface area contributed by atoms with Gasteiger partial charge in [-0.25, -0.2) is 0 Å². The van der Waals surface area contributed by atoms with E-state index < -0.39 is 36.9 Å². The molecule has 0 aromatic carbocycles. The average Bonchev–Trinajstić information content (AvgIpc) is 3.40. The lowest BCUT2D eigenvalue weighted by molar-refractivity contribution is -0.132. The van der Waals surface area contributed by atoms with Crippen molar-refractivity contribution < 1.29 is 25.2 Å². The van der Waals surface area contributed by atoms with Crippen LogP contribution in [0.1, 0.15) is 393 Å². The first-order chi connectivity index (χ1) is 36.0. The molecule has 0 fully saturated rings. The van der Waals surface area contributed by atoms with E-state index in [-0.39, 0.29) is 0 Å². The number of aliphatic hydroxyl groups excluding tert-OH is 4. The van der Waals surface area contributed by atoms with E-state index in [1.165, 1.54) is 327 Å². The lowest BCUT2D eigenvalue weighted by atomic mass is 9.99. The number of amides is 1. The molecule has 4 atom stereocenters. The van der Waals surface area contributed by atoms with E-state index in [0.29, 0.717) is 12.8 Å². The third-order valence-corrected chi connectivity index (χ3v) is 16.6. The Morgan fingerprint density at radius 3 is 0.658 bits per heavy atom. The average molecular weight is 1030 g/mol. The maximum atomic E-state index is 12.6. The van der Waals surface area contributed by atoms with Gasteiger partial charge in [0.25, 0.3) is 0 Å². The monoisotopic (exact) mass is 1030 g/mol. The van der Waals surface area contributed by atoms with Gasteiger partial charge >= 0.3 is 0 Å². The second kappa shape index (κ2) is 62.2. The van der Waals surface area contributed by atoms with Crippen molar-refractivity contribution in [3.05, 3.63) is 0 Å². The number of hydrogen-bond donors (Lipinski definition) is 5. The Hall–Kier alpha value is -0.690. The van der Waals surface area contributed by atoms with Crippen molar-refractivity contribution in [2.24, 2.45) is 0 Å². The largest absolute Gasteiger partial charge is 0.394 e. The minimum absolute atomic E-state index is 0.377. The van der Waals surface area contributed by atoms with Gasteiger partial charge in [0.2, 0.25) is 5.91 Å². The molecule has 0 heterocycles. The third kappa shape index (κ3) is 55.9. The molecule has 6 heteroatoms. The summed E-state index contributed by atoms with van der Waals surface area (Å²) in [6.07, 6.45) is 75.1. The lowest BCUT2D eigenvalue weighted by Gasteiger charge is -2.27. The summed E-state index contributed by atoms with van der Waals surface area (Å²) in [6, 6.07) is -0.982. The number of unbranched alkanes of at least 4 members (excludes halogenated alkanes) is 55. The SMILES string of the molecule is CCCCCCCCCCCCCCCCCCCCCCCCCCCCCCCCCCC(O)C(O)C(CO)NC(=O)C(O)CCCCCCCCCCCCCCCCCCCCCCCCCCC. The molecule has 73 heavy (non-hydrogen) atoms. The van der Waals surface area contributed by atoms with Gasteiger partial charge in [-0.1, -0.05) is 380 Å². The molecule has 0 saturated heterocycles. The van der Waals surface area contributed by atoms with E-state index >= 15 is 0 Å². The summed E-state index contributed by atoms with van der Waals surface area (Å²) < 4.78 is 0. The van der Waals surface area contributed by atoms with E-state index in [9.17, 15) is 25.2 Å². The third-order valence-electron chi connectivity index (χ3n) is 16.6. The molecule has 0 aliphatic rings. The molecule has 0 aromatic heterocycles. The number of carbonyl (C=O) groups excluding carboxylic acids is 1. The predicted octanol–water partition coefficient (Wildman–Crippen LogP) is 20.6. The molecule has 0 rings (SSSR count). The highest BCUT2D eigenvalue weighted by atomic mass is 16.3. The molecule has 0 aromatic rings. The first-order valence-electron chi connectivity index (χ1n) is 33.9. The van der Waals surface area contributed by atoms with Crippen molar-refractivity contribution in [3.8, 4) is 0 Å². The van der Waals surface area contributed by atoms with Gasteiger partial charge in [-0.3, -0.25) is 4.79 Å². The van der Waals surface area contributed by atoms with Crippen molar-refractivity contribution in [2.45, 2.75) is 417 Å². The van der Waals surface area contributed by atoms with Crippen LogP contribution in [0.2, 0.25) is 0 Å². The molecule has 0 spiro atoms. The Balaban J connectivity index is 3.51. The molecular weight excluding hydrogens is 899 g/mol. The van der Waals surface area contributed by atoms with Crippen molar-refractivity contribution in [3.63, 3.8) is 0 Å². The maximum absolute atomic E-state index is 12.6. The minimum Gasteiger partial charge on any atom is -0.394 e. The summed E-state index contributed by atoms with van der Waals surface area (Å²) in [4.78, 5) is 12.6. The number of carbonyl (C=O) groups is 1. The van der Waals surface area contributed by atoms with Crippen molar-refractivity contribution in [1.29, 1.82) is 0 Å². The van der Waals surface area contributed by atoms with Gasteiger partial charge in [-0.15, -0.1) is 0 Å². The number of rotatable bonds is 64. The first-order valence-corrected chi connectivity index (χ1v) is 33.9. The van der Waals surface area contributed by atoms with E-state index in [1.807, 2.05) is 0 Å². The maximum Gasteiger partial charge on any atom is 0.249 e. The minimum atomic E-state index is -1.26. The zero-order chi connectivity index (χ0) is 53.0. The molecule has 5 N–H and O–H groups in total. The van der Waals surface area contributed by atoms with Gasteiger partial charge in [0.1, 0.15) is 12.2 Å². The topological polar surface area (TPSA) is 110 Å². The molecule has 0 aliphatic heterocycles. The summed E-state index contributed by atoms with van der Waals surface area (Å²) in [6.45, 7) is 4.12. The van der Waals surface area contributed by atoms with E-state index in [0.717, 1.165) is 38.5 Å². The molecular formula is C67H135NO5. The van der Waals surface area contributed by atoms with Crippen LogP contribution in [0.5, 0.6) is 0 Å². The highest BCUT2D eigenvalue weighted by Crippen LogP contribution is 2.20. The molecule has 0 bridgehead atoms. The van der Waals surface area contributed by atoms with Crippen LogP contribution in [0.3, 0.4) is 0 Å². The van der Waals surface area contributed by atoms with Crippen molar-refractivity contribution in [2.75, 3.05) is 6.61 Å². The van der Waals surface area contributed by atoms with Gasteiger partial charge in [-0.2, -0.15) is 0 Å². The van der Waals surface area contributed by atoms with Crippen LogP contribution < -0.4 is 5.32 Å². The van der Waals surface area contributed by atoms with Crippen LogP contribution in [0.4, 0.5) is 0 Å². The van der Waals surface area contributed by atoms with Crippen LogP contribution in [-0.4, -0.2) is 57.3 Å². The summed E-state index contributed by atoms with van der Waals surface area (Å²) in [5.74, 6) is -0.573. The first kappa shape index (κ1) is 72.3. The van der Waals surface area contributed by atoms with Crippen molar-refractivity contribution in [1.82, 2.24) is 5.32 Å². The number of aliphatic hydroxyl groups is 4. The van der Waals surface area contributed by atoms with Crippen molar-refractivity contribution >= 4 is 5.91 Å². The predicted molar refractivity (Wildman–Crippen MR) is 321 cm³/mol. The van der Waals surface area contributed by atoms with Gasteiger partial charge in [0.15, 0.2) is 0 Å². The van der Waals surface area contributed by atoms with E-state index in [2.05, 4.69) is 19.2 Å². The van der Waals surface area contributed by atoms with Gasteiger partial charge in [-0.05, 0) is 12.8 Å². The quantitative estimate of drug-likeness (QED) is 0.0390. The lowest BCUT2D eigenvalue weighted by Crippen LogP contribution is -2.53. The second-order valence-electron chi connectivity index (χ2n) is 23.9. The van der Waals surface area contributed by atoms with Crippen LogP contribution in [-0.2, 0) is 4.79 Å². The summed E-state index contributed by atoms with van der Waals surface area (Å²) >= 11 is 0. The summed E-state index contributed by atoms with van der Waals surface area (Å²) in [7, 11) is 0. The van der Waals surface area contributed by atoms with Gasteiger partial charge in [0, 0.05) is 0 Å². The van der Waals surface area contributed by atoms with Crippen LogP contribution in [0.25, 0.3) is 0 Å². The van der Waals surface area contributed by atoms with Gasteiger partial charge in [0.05, 0.1) is 18.8 Å². The van der Waals surface area contributed by atoms with Crippen LogP contribution in [0, 0.1) is 0 Å². The van der Waals surface area contributed by atoms with E-state index in [1.54, 1.807) is 0 Å². The van der Waals surface area contributed by atoms with Crippen LogP contribution >= 0.6 is 0 Å². The highest BCUT2D eigenvalue weighted by molar-refractivity contribution is 5.80. The fourth-order valence-electron chi connectivity index (χ4n) is 11.3. The number of nitrogens with one attached hydrogen (secondary N) is 1. The summed E-state index contributed by atoms with van der Waals surface area (Å²) in [5, 5.41) is 44.2. The molecule has 0 aliphatic carbocycles. The van der Waals surface area contributed by atoms with Gasteiger partial charge < -0.3 is 25.7 Å². The molecule has 438 valence electrons. The molecule has 0 radical (unpaired) electrons. The zero-order valence-electron chi connectivity index (χ0n) is 49.9. The number of hydrogen-bond acceptors (Lipinski definition) is 5. The molecule has 0 saturated carbocycles. The standard InChI is InChI=1S/C67H135NO5/c1-3-5-7-9-11-13-15-17-19-21-23-25-27-29-30-31-32-33-34-35-37-38-40-42-44-46-48-50-52-54-56-58-60-64(70)66(72)63(62-69)68-67(73)65(71)61-59-57-55-53-51-49-47-45-43-41-39-36-28-26-24-22-20-18-16-14-12-10-8-6-4-2/h63-66,69-72H,3-62H2,1-2H3,(H,68,73). The molecule has 1 amide bonds. The highest BCUT2D eigenvalue weighted by Gasteiger charge is 2.28.